The van der Waals surface area contributed by atoms with Gasteiger partial charge in [-0.05, 0) is 32.1 Å². The number of rotatable bonds is 7. The van der Waals surface area contributed by atoms with Crippen LogP contribution >= 0.6 is 0 Å². The van der Waals surface area contributed by atoms with Gasteiger partial charge in [-0.2, -0.15) is 0 Å². The Morgan fingerprint density at radius 3 is 2.57 bits per heavy atom. The summed E-state index contributed by atoms with van der Waals surface area (Å²) in [7, 11) is 0. The first kappa shape index (κ1) is 11.7. The van der Waals surface area contributed by atoms with Gasteiger partial charge in [0.05, 0.1) is 0 Å². The second-order valence-corrected chi connectivity index (χ2v) is 4.46. The first-order valence-corrected chi connectivity index (χ1v) is 6.42. The average molecular weight is 195 g/mol. The van der Waals surface area contributed by atoms with Crippen LogP contribution in [-0.4, -0.2) is 11.8 Å². The van der Waals surface area contributed by atoms with Gasteiger partial charge >= 0.3 is 0 Å². The van der Waals surface area contributed by atoms with E-state index in [2.05, 4.69) is 13.8 Å². The van der Waals surface area contributed by atoms with Gasteiger partial charge in [0.15, 0.2) is 0 Å². The van der Waals surface area contributed by atoms with Crippen molar-refractivity contribution in [1.29, 1.82) is 0 Å². The number of hydrogen-bond donors (Lipinski definition) is 0. The van der Waals surface area contributed by atoms with E-state index < -0.39 is 0 Å². The molecule has 1 aliphatic rings. The van der Waals surface area contributed by atoms with Crippen LogP contribution in [-0.2, 0) is 0 Å². The third-order valence-corrected chi connectivity index (χ3v) is 3.17. The van der Waals surface area contributed by atoms with Crippen molar-refractivity contribution in [2.24, 2.45) is 4.99 Å². The minimum atomic E-state index is 0.667. The first-order valence-electron chi connectivity index (χ1n) is 6.42. The van der Waals surface area contributed by atoms with Gasteiger partial charge in [0.1, 0.15) is 0 Å². The fourth-order valence-electron chi connectivity index (χ4n) is 2.14. The Bertz CT molecular complexity index is 172. The third kappa shape index (κ3) is 4.26. The van der Waals surface area contributed by atoms with E-state index in [0.717, 1.165) is 0 Å². The largest absolute Gasteiger partial charge is 0.291 e. The Balaban J connectivity index is 2.02. The van der Waals surface area contributed by atoms with Gasteiger partial charge in [-0.15, -0.1) is 0 Å². The summed E-state index contributed by atoms with van der Waals surface area (Å²) in [5, 5.41) is 0. The first-order chi connectivity index (χ1) is 6.86. The van der Waals surface area contributed by atoms with Gasteiger partial charge in [0, 0.05) is 11.8 Å². The van der Waals surface area contributed by atoms with Gasteiger partial charge in [-0.1, -0.05) is 39.5 Å². The smallest absolute Gasteiger partial charge is 0.0500 e. The van der Waals surface area contributed by atoms with E-state index >= 15 is 0 Å². The minimum Gasteiger partial charge on any atom is -0.291 e. The molecule has 0 aromatic carbocycles. The summed E-state index contributed by atoms with van der Waals surface area (Å²) in [6.45, 7) is 4.52. The fraction of sp³-hybridized carbons (Fsp3) is 0.923. The molecule has 0 aliphatic carbocycles. The summed E-state index contributed by atoms with van der Waals surface area (Å²) < 4.78 is 0. The second kappa shape index (κ2) is 7.03. The Morgan fingerprint density at radius 2 is 1.93 bits per heavy atom. The normalized spacial score (nSPS) is 21.3. The van der Waals surface area contributed by atoms with E-state index in [-0.39, 0.29) is 0 Å². The van der Waals surface area contributed by atoms with E-state index in [0.29, 0.717) is 6.04 Å². The Hall–Kier alpha value is -0.330. The van der Waals surface area contributed by atoms with Gasteiger partial charge in [0.25, 0.3) is 0 Å². The zero-order valence-corrected chi connectivity index (χ0v) is 9.89. The maximum Gasteiger partial charge on any atom is 0.0500 e. The monoisotopic (exact) mass is 195 g/mol. The van der Waals surface area contributed by atoms with Crippen LogP contribution in [0.4, 0.5) is 0 Å². The van der Waals surface area contributed by atoms with Crippen LogP contribution in [0.1, 0.15) is 71.6 Å². The highest BCUT2D eigenvalue weighted by molar-refractivity contribution is 5.86. The van der Waals surface area contributed by atoms with Gasteiger partial charge in [0.2, 0.25) is 0 Å². The predicted molar refractivity (Wildman–Crippen MR) is 64.1 cm³/mol. The SMILES string of the molecule is CCCCCCCC1=NC(CC)CC1. The fourth-order valence-corrected chi connectivity index (χ4v) is 2.14. The highest BCUT2D eigenvalue weighted by Crippen LogP contribution is 2.19. The molecule has 0 aromatic heterocycles. The lowest BCUT2D eigenvalue weighted by Gasteiger charge is -2.00. The molecule has 82 valence electrons. The van der Waals surface area contributed by atoms with Crippen LogP contribution in [0.25, 0.3) is 0 Å². The van der Waals surface area contributed by atoms with Crippen LogP contribution in [0.15, 0.2) is 4.99 Å². The summed E-state index contributed by atoms with van der Waals surface area (Å²) in [6, 6.07) is 0.667. The summed E-state index contributed by atoms with van der Waals surface area (Å²) >= 11 is 0. The highest BCUT2D eigenvalue weighted by atomic mass is 14.8. The summed E-state index contributed by atoms with van der Waals surface area (Å²) in [4.78, 5) is 4.74. The number of hydrogen-bond acceptors (Lipinski definition) is 1. The lowest BCUT2D eigenvalue weighted by atomic mass is 10.1. The molecule has 0 spiro atoms. The lowest BCUT2D eigenvalue weighted by molar-refractivity contribution is 0.642. The van der Waals surface area contributed by atoms with Crippen molar-refractivity contribution in [1.82, 2.24) is 0 Å². The van der Waals surface area contributed by atoms with Gasteiger partial charge in [-0.25, -0.2) is 0 Å². The lowest BCUT2D eigenvalue weighted by Crippen LogP contribution is -1.94. The van der Waals surface area contributed by atoms with E-state index in [9.17, 15) is 0 Å². The Kier molecular flexibility index (Phi) is 5.89. The molecule has 1 heteroatoms. The van der Waals surface area contributed by atoms with E-state index in [4.69, 9.17) is 4.99 Å². The van der Waals surface area contributed by atoms with Crippen molar-refractivity contribution in [3.05, 3.63) is 0 Å². The zero-order valence-electron chi connectivity index (χ0n) is 9.89. The molecule has 0 N–H and O–H groups in total. The topological polar surface area (TPSA) is 12.4 Å². The summed E-state index contributed by atoms with van der Waals surface area (Å²) in [5.41, 5.74) is 1.51. The Morgan fingerprint density at radius 1 is 1.14 bits per heavy atom. The van der Waals surface area contributed by atoms with Crippen LogP contribution in [0.2, 0.25) is 0 Å². The molecule has 0 saturated carbocycles. The third-order valence-electron chi connectivity index (χ3n) is 3.17. The van der Waals surface area contributed by atoms with Crippen molar-refractivity contribution in [3.63, 3.8) is 0 Å². The zero-order chi connectivity index (χ0) is 10.2. The number of aliphatic imine (C=N–C) groups is 1. The van der Waals surface area contributed by atoms with Crippen LogP contribution in [0, 0.1) is 0 Å². The van der Waals surface area contributed by atoms with Crippen LogP contribution in [0.3, 0.4) is 0 Å². The molecule has 1 rings (SSSR count). The van der Waals surface area contributed by atoms with Gasteiger partial charge in [-0.3, -0.25) is 4.99 Å². The molecule has 0 radical (unpaired) electrons. The molecule has 1 heterocycles. The molecular weight excluding hydrogens is 170 g/mol. The van der Waals surface area contributed by atoms with Crippen molar-refractivity contribution < 1.29 is 0 Å². The molecule has 0 amide bonds. The minimum absolute atomic E-state index is 0.667. The molecule has 0 saturated heterocycles. The van der Waals surface area contributed by atoms with Crippen molar-refractivity contribution in [2.45, 2.75) is 77.7 Å². The second-order valence-electron chi connectivity index (χ2n) is 4.46. The Labute approximate surface area is 89.0 Å². The molecule has 0 aromatic rings. The maximum atomic E-state index is 4.74. The summed E-state index contributed by atoms with van der Waals surface area (Å²) in [6.07, 6.45) is 12.1. The number of nitrogens with zero attached hydrogens (tertiary/aromatic N) is 1. The van der Waals surface area contributed by atoms with E-state index in [1.54, 1.807) is 0 Å². The van der Waals surface area contributed by atoms with Crippen molar-refractivity contribution in [3.8, 4) is 0 Å². The standard InChI is InChI=1S/C13H25N/c1-3-5-6-7-8-9-13-11-10-12(4-2)14-13/h12H,3-11H2,1-2H3. The van der Waals surface area contributed by atoms with Crippen molar-refractivity contribution in [2.75, 3.05) is 0 Å². The molecule has 1 atom stereocenters. The van der Waals surface area contributed by atoms with E-state index in [1.807, 2.05) is 0 Å². The predicted octanol–water partition coefficient (Wildman–Crippen LogP) is 4.36. The number of unbranched alkanes of at least 4 members (excludes halogenated alkanes) is 4. The molecular formula is C13H25N. The molecule has 0 bridgehead atoms. The molecule has 14 heavy (non-hydrogen) atoms. The average Bonchev–Trinajstić information content (AvgIpc) is 2.65. The van der Waals surface area contributed by atoms with Crippen molar-refractivity contribution >= 4 is 5.71 Å². The molecule has 1 nitrogen and oxygen atoms in total. The van der Waals surface area contributed by atoms with Crippen LogP contribution < -0.4 is 0 Å². The molecule has 0 fully saturated rings. The molecule has 1 aliphatic heterocycles. The van der Waals surface area contributed by atoms with Gasteiger partial charge < -0.3 is 0 Å². The van der Waals surface area contributed by atoms with E-state index in [1.165, 1.54) is 63.5 Å². The summed E-state index contributed by atoms with van der Waals surface area (Å²) in [5.74, 6) is 0. The quantitative estimate of drug-likeness (QED) is 0.535. The van der Waals surface area contributed by atoms with Crippen LogP contribution in [0.5, 0.6) is 0 Å². The highest BCUT2D eigenvalue weighted by Gasteiger charge is 2.14. The molecule has 1 unspecified atom stereocenters. The maximum absolute atomic E-state index is 4.74.